The van der Waals surface area contributed by atoms with Crippen LogP contribution in [0.25, 0.3) is 0 Å². The van der Waals surface area contributed by atoms with Crippen LogP contribution in [0.15, 0.2) is 36.0 Å². The second-order valence-corrected chi connectivity index (χ2v) is 6.58. The van der Waals surface area contributed by atoms with Crippen LogP contribution in [0.1, 0.15) is 34.6 Å². The largest absolute Gasteiger partial charge is 0.465 e. The molecule has 122 valence electrons. The first-order valence-corrected chi connectivity index (χ1v) is 7.67. The van der Waals surface area contributed by atoms with E-state index in [4.69, 9.17) is 9.47 Å². The molecule has 0 fully saturated rings. The summed E-state index contributed by atoms with van der Waals surface area (Å²) in [5.74, 6) is -0.134. The van der Waals surface area contributed by atoms with Gasteiger partial charge in [-0.3, -0.25) is 4.79 Å². The molecule has 0 aromatic heterocycles. The van der Waals surface area contributed by atoms with Crippen LogP contribution in [0.2, 0.25) is 0 Å². The van der Waals surface area contributed by atoms with E-state index >= 15 is 0 Å². The third kappa shape index (κ3) is 5.51. The number of ether oxygens (including phenoxy) is 2. The third-order valence-electron chi connectivity index (χ3n) is 3.10. The van der Waals surface area contributed by atoms with Gasteiger partial charge in [0.25, 0.3) is 0 Å². The Morgan fingerprint density at radius 1 is 1.05 bits per heavy atom. The maximum absolute atomic E-state index is 12.2. The normalized spacial score (nSPS) is 20.8. The molecule has 22 heavy (non-hydrogen) atoms. The van der Waals surface area contributed by atoms with Crippen molar-refractivity contribution in [3.8, 4) is 0 Å². The van der Waals surface area contributed by atoms with Crippen molar-refractivity contribution in [2.24, 2.45) is 17.3 Å². The zero-order chi connectivity index (χ0) is 16.8. The molecule has 0 saturated heterocycles. The van der Waals surface area contributed by atoms with Gasteiger partial charge in [0.1, 0.15) is 5.41 Å². The highest BCUT2D eigenvalue weighted by atomic mass is 16.5. The number of esters is 2. The van der Waals surface area contributed by atoms with E-state index in [2.05, 4.69) is 0 Å². The summed E-state index contributed by atoms with van der Waals surface area (Å²) in [6.07, 6.45) is 8.39. The van der Waals surface area contributed by atoms with Gasteiger partial charge in [0.2, 0.25) is 0 Å². The quantitative estimate of drug-likeness (QED) is 0.705. The molecule has 0 spiro atoms. The minimum atomic E-state index is -0.870. The smallest absolute Gasteiger partial charge is 0.338 e. The SMILES string of the molecule is CC(C)COC(=O)C1=CC=CC(C)(C(=O)OCC(C)C)C=C1. The fourth-order valence-corrected chi connectivity index (χ4v) is 1.72. The summed E-state index contributed by atoms with van der Waals surface area (Å²) in [6, 6.07) is 0. The first-order chi connectivity index (χ1) is 10.2. The molecule has 1 rings (SSSR count). The van der Waals surface area contributed by atoms with Crippen LogP contribution in [0.5, 0.6) is 0 Å². The van der Waals surface area contributed by atoms with E-state index in [1.807, 2.05) is 27.7 Å². The molecule has 1 aliphatic rings. The lowest BCUT2D eigenvalue weighted by Gasteiger charge is -2.20. The van der Waals surface area contributed by atoms with E-state index in [0.29, 0.717) is 18.8 Å². The second kappa shape index (κ2) is 7.97. The number of hydrogen-bond donors (Lipinski definition) is 0. The monoisotopic (exact) mass is 306 g/mol. The molecule has 0 heterocycles. The van der Waals surface area contributed by atoms with Gasteiger partial charge in [-0.2, -0.15) is 0 Å². The van der Waals surface area contributed by atoms with Gasteiger partial charge in [0, 0.05) is 0 Å². The van der Waals surface area contributed by atoms with Crippen LogP contribution in [0.4, 0.5) is 0 Å². The van der Waals surface area contributed by atoms with Gasteiger partial charge >= 0.3 is 11.9 Å². The second-order valence-electron chi connectivity index (χ2n) is 6.58. The van der Waals surface area contributed by atoms with Crippen LogP contribution in [0, 0.1) is 17.3 Å². The van der Waals surface area contributed by atoms with Gasteiger partial charge in [0.15, 0.2) is 0 Å². The fraction of sp³-hybridized carbons (Fsp3) is 0.556. The highest BCUT2D eigenvalue weighted by Gasteiger charge is 2.30. The molecular formula is C18H26O4. The third-order valence-corrected chi connectivity index (χ3v) is 3.10. The number of carbonyl (C=O) groups excluding carboxylic acids is 2. The Bertz CT molecular complexity index is 497. The number of carbonyl (C=O) groups is 2. The highest BCUT2D eigenvalue weighted by Crippen LogP contribution is 2.26. The maximum Gasteiger partial charge on any atom is 0.338 e. The Morgan fingerprint density at radius 2 is 1.64 bits per heavy atom. The average molecular weight is 306 g/mol. The van der Waals surface area contributed by atoms with Crippen molar-refractivity contribution in [2.75, 3.05) is 13.2 Å². The van der Waals surface area contributed by atoms with E-state index in [-0.39, 0.29) is 23.8 Å². The van der Waals surface area contributed by atoms with Gasteiger partial charge < -0.3 is 9.47 Å². The molecule has 1 atom stereocenters. The Kier molecular flexibility index (Phi) is 6.60. The van der Waals surface area contributed by atoms with Crippen molar-refractivity contribution < 1.29 is 19.1 Å². The van der Waals surface area contributed by atoms with Crippen LogP contribution in [0.3, 0.4) is 0 Å². The number of hydrogen-bond acceptors (Lipinski definition) is 4. The van der Waals surface area contributed by atoms with Gasteiger partial charge in [-0.05, 0) is 24.8 Å². The molecule has 0 aliphatic heterocycles. The van der Waals surface area contributed by atoms with E-state index in [1.54, 1.807) is 37.3 Å². The Morgan fingerprint density at radius 3 is 2.23 bits per heavy atom. The molecule has 0 saturated carbocycles. The van der Waals surface area contributed by atoms with Crippen LogP contribution in [-0.2, 0) is 19.1 Å². The van der Waals surface area contributed by atoms with Crippen LogP contribution >= 0.6 is 0 Å². The molecule has 4 heteroatoms. The minimum Gasteiger partial charge on any atom is -0.465 e. The topological polar surface area (TPSA) is 52.6 Å². The molecule has 1 unspecified atom stereocenters. The molecule has 0 N–H and O–H groups in total. The van der Waals surface area contributed by atoms with E-state index in [9.17, 15) is 9.59 Å². The van der Waals surface area contributed by atoms with Crippen molar-refractivity contribution in [3.05, 3.63) is 36.0 Å². The first-order valence-electron chi connectivity index (χ1n) is 7.67. The Balaban J connectivity index is 2.73. The molecule has 4 nitrogen and oxygen atoms in total. The lowest BCUT2D eigenvalue weighted by atomic mass is 9.90. The average Bonchev–Trinajstić information content (AvgIpc) is 2.65. The molecule has 0 amide bonds. The van der Waals surface area contributed by atoms with Crippen molar-refractivity contribution >= 4 is 11.9 Å². The molecule has 0 bridgehead atoms. The first kappa shape index (κ1) is 18.2. The summed E-state index contributed by atoms with van der Waals surface area (Å²) in [5, 5.41) is 0. The predicted octanol–water partition coefficient (Wildman–Crippen LogP) is 3.44. The van der Waals surface area contributed by atoms with E-state index in [0.717, 1.165) is 0 Å². The van der Waals surface area contributed by atoms with Gasteiger partial charge in [-0.15, -0.1) is 0 Å². The van der Waals surface area contributed by atoms with Crippen molar-refractivity contribution in [1.29, 1.82) is 0 Å². The summed E-state index contributed by atoms with van der Waals surface area (Å²) in [5.41, 5.74) is -0.442. The predicted molar refractivity (Wildman–Crippen MR) is 86.1 cm³/mol. The van der Waals surface area contributed by atoms with Gasteiger partial charge in [-0.1, -0.05) is 52.0 Å². The molecule has 0 aromatic carbocycles. The zero-order valence-corrected chi connectivity index (χ0v) is 14.1. The highest BCUT2D eigenvalue weighted by molar-refractivity contribution is 5.93. The van der Waals surface area contributed by atoms with Crippen molar-refractivity contribution in [1.82, 2.24) is 0 Å². The fourth-order valence-electron chi connectivity index (χ4n) is 1.72. The lowest BCUT2D eigenvalue weighted by molar-refractivity contribution is -0.151. The molecule has 1 aliphatic carbocycles. The van der Waals surface area contributed by atoms with Crippen LogP contribution < -0.4 is 0 Å². The Labute approximate surface area is 132 Å². The van der Waals surface area contributed by atoms with E-state index < -0.39 is 5.41 Å². The Hall–Kier alpha value is -1.84. The summed E-state index contributed by atoms with van der Waals surface area (Å²) in [4.78, 5) is 24.2. The zero-order valence-electron chi connectivity index (χ0n) is 14.1. The summed E-state index contributed by atoms with van der Waals surface area (Å²) in [6.45, 7) is 10.4. The minimum absolute atomic E-state index is 0.283. The van der Waals surface area contributed by atoms with Crippen LogP contribution in [-0.4, -0.2) is 25.2 Å². The lowest BCUT2D eigenvalue weighted by Crippen LogP contribution is -2.27. The van der Waals surface area contributed by atoms with Gasteiger partial charge in [0.05, 0.1) is 18.8 Å². The van der Waals surface area contributed by atoms with Crippen molar-refractivity contribution in [2.45, 2.75) is 34.6 Å². The molecule has 0 radical (unpaired) electrons. The van der Waals surface area contributed by atoms with Crippen molar-refractivity contribution in [3.63, 3.8) is 0 Å². The summed E-state index contributed by atoms with van der Waals surface area (Å²) < 4.78 is 10.5. The number of allylic oxidation sites excluding steroid dienone is 2. The summed E-state index contributed by atoms with van der Waals surface area (Å²) >= 11 is 0. The van der Waals surface area contributed by atoms with E-state index in [1.165, 1.54) is 0 Å². The summed E-state index contributed by atoms with van der Waals surface area (Å²) in [7, 11) is 0. The molecular weight excluding hydrogens is 280 g/mol. The van der Waals surface area contributed by atoms with Gasteiger partial charge in [-0.25, -0.2) is 4.79 Å². The maximum atomic E-state index is 12.2. The molecule has 0 aromatic rings. The standard InChI is InChI=1S/C18H26O4/c1-13(2)11-21-16(19)15-7-6-9-18(5,10-8-15)17(20)22-12-14(3)4/h6-10,13-14H,11-12H2,1-5H3. The number of rotatable bonds is 6.